The fourth-order valence-corrected chi connectivity index (χ4v) is 4.45. The lowest BCUT2D eigenvalue weighted by Gasteiger charge is -2.27. The highest BCUT2D eigenvalue weighted by Crippen LogP contribution is 2.45. The molecule has 0 spiro atoms. The number of aliphatic hydroxyl groups is 1. The molecule has 9 heteroatoms. The Morgan fingerprint density at radius 1 is 1.00 bits per heavy atom. The molecular weight excluding hydrogens is 464 g/mol. The molecule has 3 aromatic rings. The molecule has 1 saturated heterocycles. The minimum Gasteiger partial charge on any atom is -0.507 e. The zero-order valence-corrected chi connectivity index (χ0v) is 19.8. The van der Waals surface area contributed by atoms with Gasteiger partial charge in [0.05, 0.1) is 25.8 Å². The zero-order chi connectivity index (χ0) is 25.2. The average Bonchev–Trinajstić information content (AvgIpc) is 3.17. The first-order valence-corrected chi connectivity index (χ1v) is 11.3. The molecule has 5 rings (SSSR count). The largest absolute Gasteiger partial charge is 0.507 e. The van der Waals surface area contributed by atoms with Gasteiger partial charge < -0.3 is 29.0 Å². The van der Waals surface area contributed by atoms with Crippen molar-refractivity contribution in [2.45, 2.75) is 12.6 Å². The quantitative estimate of drug-likeness (QED) is 0.319. The van der Waals surface area contributed by atoms with Crippen LogP contribution in [-0.4, -0.2) is 54.1 Å². The number of aromatic nitrogens is 1. The van der Waals surface area contributed by atoms with E-state index in [0.29, 0.717) is 47.3 Å². The molecule has 2 aliphatic rings. The highest BCUT2D eigenvalue weighted by molar-refractivity contribution is 6.46. The van der Waals surface area contributed by atoms with Gasteiger partial charge in [-0.05, 0) is 54.1 Å². The third-order valence-electron chi connectivity index (χ3n) is 6.19. The molecule has 0 saturated carbocycles. The molecule has 0 bridgehead atoms. The Labute approximate surface area is 207 Å². The maximum absolute atomic E-state index is 13.4. The molecular formula is C27H24N2O7. The number of carbonyl (C=O) groups excluding carboxylic acids is 2. The molecule has 3 heterocycles. The molecule has 2 aliphatic heterocycles. The van der Waals surface area contributed by atoms with Crippen molar-refractivity contribution >= 4 is 17.4 Å². The number of hydrogen-bond acceptors (Lipinski definition) is 8. The van der Waals surface area contributed by atoms with Crippen molar-refractivity contribution in [2.75, 3.05) is 27.4 Å². The predicted molar refractivity (Wildman–Crippen MR) is 129 cm³/mol. The lowest BCUT2D eigenvalue weighted by Crippen LogP contribution is -2.29. The van der Waals surface area contributed by atoms with Gasteiger partial charge in [0.15, 0.2) is 11.5 Å². The summed E-state index contributed by atoms with van der Waals surface area (Å²) in [6.45, 7) is 0.915. The summed E-state index contributed by atoms with van der Waals surface area (Å²) in [5, 5.41) is 11.4. The minimum absolute atomic E-state index is 0.0581. The van der Waals surface area contributed by atoms with Crippen LogP contribution in [0.2, 0.25) is 0 Å². The Balaban J connectivity index is 1.69. The van der Waals surface area contributed by atoms with Crippen LogP contribution in [0.1, 0.15) is 22.7 Å². The fourth-order valence-electron chi connectivity index (χ4n) is 4.45. The number of likely N-dealkylation sites (tertiary alicyclic amines) is 1. The fraction of sp³-hybridized carbons (Fsp3) is 0.222. The molecule has 1 fully saturated rings. The van der Waals surface area contributed by atoms with Gasteiger partial charge in [-0.1, -0.05) is 0 Å². The van der Waals surface area contributed by atoms with E-state index >= 15 is 0 Å². The molecule has 9 nitrogen and oxygen atoms in total. The molecule has 36 heavy (non-hydrogen) atoms. The number of Topliss-reactive ketones (excluding diaryl/α,β-unsaturated/α-hetero) is 1. The minimum atomic E-state index is -0.934. The highest BCUT2D eigenvalue weighted by Gasteiger charge is 2.47. The Kier molecular flexibility index (Phi) is 6.20. The Morgan fingerprint density at radius 2 is 1.75 bits per heavy atom. The van der Waals surface area contributed by atoms with E-state index in [2.05, 4.69) is 4.98 Å². The van der Waals surface area contributed by atoms with Gasteiger partial charge in [-0.3, -0.25) is 14.6 Å². The second kappa shape index (κ2) is 9.61. The number of methoxy groups -OCH3 is 2. The molecule has 1 N–H and O–H groups in total. The first-order valence-electron chi connectivity index (χ1n) is 11.3. The summed E-state index contributed by atoms with van der Waals surface area (Å²) in [5.74, 6) is 0.0911. The van der Waals surface area contributed by atoms with E-state index in [9.17, 15) is 14.7 Å². The third-order valence-corrected chi connectivity index (χ3v) is 6.19. The number of aliphatic hydroxyl groups excluding tert-OH is 1. The lowest BCUT2D eigenvalue weighted by atomic mass is 9.94. The van der Waals surface area contributed by atoms with Crippen LogP contribution in [0.15, 0.2) is 66.5 Å². The van der Waals surface area contributed by atoms with Crippen molar-refractivity contribution in [1.82, 2.24) is 9.88 Å². The maximum Gasteiger partial charge on any atom is 0.295 e. The van der Waals surface area contributed by atoms with Gasteiger partial charge in [0.25, 0.3) is 11.7 Å². The molecule has 1 unspecified atom stereocenters. The summed E-state index contributed by atoms with van der Waals surface area (Å²) in [4.78, 5) is 32.2. The van der Waals surface area contributed by atoms with E-state index in [1.807, 2.05) is 0 Å². The zero-order valence-electron chi connectivity index (χ0n) is 19.8. The number of amides is 1. The molecule has 0 aliphatic carbocycles. The highest BCUT2D eigenvalue weighted by atomic mass is 16.6. The Hall–Kier alpha value is -4.53. The first-order chi connectivity index (χ1) is 17.5. The smallest absolute Gasteiger partial charge is 0.295 e. The van der Waals surface area contributed by atoms with Crippen molar-refractivity contribution in [1.29, 1.82) is 0 Å². The van der Waals surface area contributed by atoms with Gasteiger partial charge in [0.1, 0.15) is 30.5 Å². The number of fused-ring (bicyclic) bond motifs is 1. The number of pyridine rings is 1. The SMILES string of the molecule is COc1ccc(OC)c(C2C(=C(O)c3ccc4c(c3)OCCO4)C(=O)C(=O)N2Cc2ccncc2)c1. The van der Waals surface area contributed by atoms with Crippen LogP contribution < -0.4 is 18.9 Å². The lowest BCUT2D eigenvalue weighted by molar-refractivity contribution is -0.140. The standard InChI is InChI=1S/C27H24N2O7/c1-33-18-4-6-20(34-2)19(14-18)24-23(25(30)17-3-5-21-22(13-17)36-12-11-35-21)26(31)27(32)29(24)15-16-7-9-28-10-8-16/h3-10,13-14,24,30H,11-12,15H2,1-2H3. The second-order valence-corrected chi connectivity index (χ2v) is 8.25. The number of ketones is 1. The van der Waals surface area contributed by atoms with Gasteiger partial charge in [-0.2, -0.15) is 0 Å². The van der Waals surface area contributed by atoms with Crippen molar-refractivity contribution in [3.8, 4) is 23.0 Å². The van der Waals surface area contributed by atoms with E-state index < -0.39 is 17.7 Å². The number of rotatable bonds is 6. The maximum atomic E-state index is 13.4. The summed E-state index contributed by atoms with van der Waals surface area (Å²) in [6.07, 6.45) is 3.23. The number of benzene rings is 2. The number of hydrogen-bond donors (Lipinski definition) is 1. The van der Waals surface area contributed by atoms with Crippen LogP contribution >= 0.6 is 0 Å². The van der Waals surface area contributed by atoms with Crippen molar-refractivity contribution in [3.05, 3.63) is 83.2 Å². The average molecular weight is 488 g/mol. The predicted octanol–water partition coefficient (Wildman–Crippen LogP) is 3.49. The summed E-state index contributed by atoms with van der Waals surface area (Å²) in [5.41, 5.74) is 1.55. The van der Waals surface area contributed by atoms with Crippen LogP contribution in [0.3, 0.4) is 0 Å². The van der Waals surface area contributed by atoms with Crippen LogP contribution in [0, 0.1) is 0 Å². The molecule has 0 radical (unpaired) electrons. The van der Waals surface area contributed by atoms with Crippen molar-refractivity contribution < 1.29 is 33.6 Å². The van der Waals surface area contributed by atoms with E-state index in [4.69, 9.17) is 18.9 Å². The Bertz CT molecular complexity index is 1350. The van der Waals surface area contributed by atoms with Crippen LogP contribution in [-0.2, 0) is 16.1 Å². The molecule has 2 aromatic carbocycles. The van der Waals surface area contributed by atoms with E-state index in [1.54, 1.807) is 60.9 Å². The van der Waals surface area contributed by atoms with Crippen molar-refractivity contribution in [2.24, 2.45) is 0 Å². The van der Waals surface area contributed by atoms with Gasteiger partial charge in [-0.25, -0.2) is 0 Å². The molecule has 1 amide bonds. The molecule has 1 atom stereocenters. The van der Waals surface area contributed by atoms with Gasteiger partial charge >= 0.3 is 0 Å². The summed E-state index contributed by atoms with van der Waals surface area (Å²) >= 11 is 0. The van der Waals surface area contributed by atoms with Crippen LogP contribution in [0.25, 0.3) is 5.76 Å². The molecule has 184 valence electrons. The summed E-state index contributed by atoms with van der Waals surface area (Å²) in [7, 11) is 3.02. The van der Waals surface area contributed by atoms with Gasteiger partial charge in [-0.15, -0.1) is 0 Å². The van der Waals surface area contributed by atoms with Crippen LogP contribution in [0.4, 0.5) is 0 Å². The van der Waals surface area contributed by atoms with E-state index in [-0.39, 0.29) is 17.9 Å². The van der Waals surface area contributed by atoms with E-state index in [1.165, 1.54) is 19.1 Å². The summed E-state index contributed by atoms with van der Waals surface area (Å²) in [6, 6.07) is 12.6. The van der Waals surface area contributed by atoms with Gasteiger partial charge in [0.2, 0.25) is 0 Å². The van der Waals surface area contributed by atoms with Crippen LogP contribution in [0.5, 0.6) is 23.0 Å². The number of ether oxygens (including phenoxy) is 4. The third kappa shape index (κ3) is 4.08. The second-order valence-electron chi connectivity index (χ2n) is 8.25. The normalized spacial score (nSPS) is 18.3. The monoisotopic (exact) mass is 488 g/mol. The number of carbonyl (C=O) groups is 2. The molecule has 1 aromatic heterocycles. The van der Waals surface area contributed by atoms with E-state index in [0.717, 1.165) is 5.56 Å². The first kappa shape index (κ1) is 23.2. The van der Waals surface area contributed by atoms with Gasteiger partial charge in [0, 0.05) is 30.1 Å². The number of nitrogens with zero attached hydrogens (tertiary/aromatic N) is 2. The topological polar surface area (TPSA) is 107 Å². The Morgan fingerprint density at radius 3 is 2.47 bits per heavy atom. The van der Waals surface area contributed by atoms with Crippen molar-refractivity contribution in [3.63, 3.8) is 0 Å². The summed E-state index contributed by atoms with van der Waals surface area (Å²) < 4.78 is 22.2.